The van der Waals surface area contributed by atoms with Crippen molar-refractivity contribution >= 4 is 16.7 Å². The topological polar surface area (TPSA) is 57.9 Å². The first-order chi connectivity index (χ1) is 11.3. The Morgan fingerprint density at radius 3 is 2.78 bits per heavy atom. The Balaban J connectivity index is 1.81. The van der Waals surface area contributed by atoms with Gasteiger partial charge in [0.2, 0.25) is 0 Å². The second-order valence-electron chi connectivity index (χ2n) is 6.34. The third kappa shape index (κ3) is 2.82. The Hall–Kier alpha value is -2.33. The van der Waals surface area contributed by atoms with Crippen LogP contribution in [-0.2, 0) is 6.54 Å². The molecule has 0 unspecified atom stereocenters. The van der Waals surface area contributed by atoms with Gasteiger partial charge in [-0.1, -0.05) is 18.6 Å². The Morgan fingerprint density at radius 2 is 1.96 bits per heavy atom. The van der Waals surface area contributed by atoms with Gasteiger partial charge in [0.05, 0.1) is 0 Å². The van der Waals surface area contributed by atoms with Gasteiger partial charge in [0.1, 0.15) is 5.65 Å². The number of nitrogens with one attached hydrogen (secondary N) is 1. The van der Waals surface area contributed by atoms with Crippen LogP contribution in [0.4, 0.5) is 5.69 Å². The van der Waals surface area contributed by atoms with Gasteiger partial charge in [0.15, 0.2) is 0 Å². The van der Waals surface area contributed by atoms with Crippen molar-refractivity contribution in [2.45, 2.75) is 25.8 Å². The molecule has 0 radical (unpaired) electrons. The number of anilines is 1. The summed E-state index contributed by atoms with van der Waals surface area (Å²) in [7, 11) is 0. The van der Waals surface area contributed by atoms with Gasteiger partial charge in [-0.25, -0.2) is 4.98 Å². The number of nitrogen functional groups attached to an aromatic ring is 1. The molecule has 2 aromatic heterocycles. The Morgan fingerprint density at radius 1 is 1.09 bits per heavy atom. The zero-order chi connectivity index (χ0) is 15.6. The lowest BCUT2D eigenvalue weighted by Crippen LogP contribution is -2.29. The molecule has 0 amide bonds. The first-order valence-electron chi connectivity index (χ1n) is 8.35. The second kappa shape index (κ2) is 6.05. The lowest BCUT2D eigenvalue weighted by atomic mass is 10.0. The molecule has 23 heavy (non-hydrogen) atoms. The van der Waals surface area contributed by atoms with Crippen molar-refractivity contribution in [3.8, 4) is 11.1 Å². The number of likely N-dealkylation sites (tertiary alicyclic amines) is 1. The number of rotatable bonds is 3. The predicted molar refractivity (Wildman–Crippen MR) is 95.1 cm³/mol. The van der Waals surface area contributed by atoms with Crippen LogP contribution in [0.2, 0.25) is 0 Å². The number of piperidine rings is 1. The molecule has 3 heterocycles. The van der Waals surface area contributed by atoms with Crippen LogP contribution in [0.25, 0.3) is 22.2 Å². The zero-order valence-corrected chi connectivity index (χ0v) is 13.3. The molecule has 0 saturated carbocycles. The summed E-state index contributed by atoms with van der Waals surface area (Å²) in [4.78, 5) is 10.6. The lowest BCUT2D eigenvalue weighted by Gasteiger charge is -2.26. The minimum atomic E-state index is 0.796. The fraction of sp³-hybridized carbons (Fsp3) is 0.316. The lowest BCUT2D eigenvalue weighted by molar-refractivity contribution is 0.219. The summed E-state index contributed by atoms with van der Waals surface area (Å²) in [5.74, 6) is 0. The van der Waals surface area contributed by atoms with Gasteiger partial charge in [-0.2, -0.15) is 0 Å². The van der Waals surface area contributed by atoms with Gasteiger partial charge in [-0.3, -0.25) is 4.90 Å². The van der Waals surface area contributed by atoms with Gasteiger partial charge in [-0.05, 0) is 55.8 Å². The smallest absolute Gasteiger partial charge is 0.138 e. The SMILES string of the molecule is Nc1cccc(-c2c(CN3CCCCC3)[nH]c3ncccc23)c1. The van der Waals surface area contributed by atoms with Crippen LogP contribution in [-0.4, -0.2) is 28.0 Å². The van der Waals surface area contributed by atoms with Crippen molar-refractivity contribution in [2.75, 3.05) is 18.8 Å². The third-order valence-corrected chi connectivity index (χ3v) is 4.65. The molecule has 0 spiro atoms. The van der Waals surface area contributed by atoms with Crippen LogP contribution in [0.3, 0.4) is 0 Å². The maximum Gasteiger partial charge on any atom is 0.138 e. The molecule has 1 fully saturated rings. The Bertz CT molecular complexity index is 815. The number of fused-ring (bicyclic) bond motifs is 1. The molecular weight excluding hydrogens is 284 g/mol. The van der Waals surface area contributed by atoms with E-state index >= 15 is 0 Å². The van der Waals surface area contributed by atoms with E-state index in [1.54, 1.807) is 0 Å². The average Bonchev–Trinajstić information content (AvgIpc) is 2.93. The Labute approximate surface area is 136 Å². The number of H-pyrrole nitrogens is 1. The highest BCUT2D eigenvalue weighted by molar-refractivity contribution is 5.96. The summed E-state index contributed by atoms with van der Waals surface area (Å²) in [6.45, 7) is 3.30. The average molecular weight is 306 g/mol. The summed E-state index contributed by atoms with van der Waals surface area (Å²) in [5.41, 5.74) is 11.4. The minimum Gasteiger partial charge on any atom is -0.399 e. The van der Waals surface area contributed by atoms with Gasteiger partial charge in [0, 0.05) is 35.1 Å². The molecule has 1 saturated heterocycles. The first kappa shape index (κ1) is 14.3. The maximum atomic E-state index is 6.01. The van der Waals surface area contributed by atoms with E-state index < -0.39 is 0 Å². The minimum absolute atomic E-state index is 0.796. The molecule has 3 N–H and O–H groups in total. The van der Waals surface area contributed by atoms with E-state index in [-0.39, 0.29) is 0 Å². The fourth-order valence-corrected chi connectivity index (χ4v) is 3.56. The van der Waals surface area contributed by atoms with E-state index in [0.717, 1.165) is 23.4 Å². The van der Waals surface area contributed by atoms with Crippen molar-refractivity contribution in [2.24, 2.45) is 0 Å². The monoisotopic (exact) mass is 306 g/mol. The first-order valence-corrected chi connectivity index (χ1v) is 8.35. The van der Waals surface area contributed by atoms with Crippen LogP contribution >= 0.6 is 0 Å². The standard InChI is InChI=1S/C19H22N4/c20-15-7-4-6-14(12-15)18-16-8-5-9-21-19(16)22-17(18)13-23-10-2-1-3-11-23/h4-9,12H,1-3,10-11,13,20H2,(H,21,22). The summed E-state index contributed by atoms with van der Waals surface area (Å²) < 4.78 is 0. The molecule has 0 aliphatic carbocycles. The van der Waals surface area contributed by atoms with Crippen LogP contribution in [0.5, 0.6) is 0 Å². The number of benzene rings is 1. The fourth-order valence-electron chi connectivity index (χ4n) is 3.56. The van der Waals surface area contributed by atoms with Crippen molar-refractivity contribution in [3.05, 3.63) is 48.3 Å². The molecule has 118 valence electrons. The maximum absolute atomic E-state index is 6.01. The molecule has 0 atom stereocenters. The highest BCUT2D eigenvalue weighted by atomic mass is 15.1. The van der Waals surface area contributed by atoms with Crippen LogP contribution in [0.1, 0.15) is 25.0 Å². The number of pyridine rings is 1. The zero-order valence-electron chi connectivity index (χ0n) is 13.3. The number of nitrogens with zero attached hydrogens (tertiary/aromatic N) is 2. The third-order valence-electron chi connectivity index (χ3n) is 4.65. The molecule has 1 aliphatic heterocycles. The van der Waals surface area contributed by atoms with E-state index in [1.165, 1.54) is 49.0 Å². The van der Waals surface area contributed by atoms with Crippen molar-refractivity contribution < 1.29 is 0 Å². The molecule has 1 aliphatic rings. The van der Waals surface area contributed by atoms with Crippen LogP contribution in [0.15, 0.2) is 42.6 Å². The summed E-state index contributed by atoms with van der Waals surface area (Å²) >= 11 is 0. The van der Waals surface area contributed by atoms with Gasteiger partial charge >= 0.3 is 0 Å². The molecule has 0 bridgehead atoms. The normalized spacial score (nSPS) is 16.0. The molecule has 4 heteroatoms. The molecule has 3 aromatic rings. The van der Waals surface area contributed by atoms with Crippen LogP contribution in [0, 0.1) is 0 Å². The number of nitrogens with two attached hydrogens (primary N) is 1. The highest BCUT2D eigenvalue weighted by Gasteiger charge is 2.18. The van der Waals surface area contributed by atoms with Crippen molar-refractivity contribution in [3.63, 3.8) is 0 Å². The van der Waals surface area contributed by atoms with E-state index in [0.29, 0.717) is 0 Å². The molecular formula is C19H22N4. The largest absolute Gasteiger partial charge is 0.399 e. The molecule has 4 rings (SSSR count). The highest BCUT2D eigenvalue weighted by Crippen LogP contribution is 2.33. The Kier molecular flexibility index (Phi) is 3.75. The van der Waals surface area contributed by atoms with Gasteiger partial charge in [-0.15, -0.1) is 0 Å². The molecule has 4 nitrogen and oxygen atoms in total. The number of aromatic nitrogens is 2. The van der Waals surface area contributed by atoms with Crippen molar-refractivity contribution in [1.29, 1.82) is 0 Å². The summed E-state index contributed by atoms with van der Waals surface area (Å²) in [5, 5.41) is 1.17. The quantitative estimate of drug-likeness (QED) is 0.724. The van der Waals surface area contributed by atoms with Gasteiger partial charge < -0.3 is 10.7 Å². The van der Waals surface area contributed by atoms with E-state index in [1.807, 2.05) is 24.4 Å². The van der Waals surface area contributed by atoms with Crippen LogP contribution < -0.4 is 5.73 Å². The number of aromatic amines is 1. The summed E-state index contributed by atoms with van der Waals surface area (Å²) in [6.07, 6.45) is 5.79. The predicted octanol–water partition coefficient (Wildman–Crippen LogP) is 3.80. The van der Waals surface area contributed by atoms with E-state index in [9.17, 15) is 0 Å². The van der Waals surface area contributed by atoms with Crippen molar-refractivity contribution in [1.82, 2.24) is 14.9 Å². The molecule has 1 aromatic carbocycles. The second-order valence-corrected chi connectivity index (χ2v) is 6.34. The van der Waals surface area contributed by atoms with E-state index in [2.05, 4.69) is 33.1 Å². The summed E-state index contributed by atoms with van der Waals surface area (Å²) in [6, 6.07) is 12.3. The number of hydrogen-bond acceptors (Lipinski definition) is 3. The number of hydrogen-bond donors (Lipinski definition) is 2. The van der Waals surface area contributed by atoms with Gasteiger partial charge in [0.25, 0.3) is 0 Å². The van der Waals surface area contributed by atoms with E-state index in [4.69, 9.17) is 5.73 Å².